The number of carbonyl (C=O) groups excluding carboxylic acids is 2. The molecule has 0 aliphatic carbocycles. The Morgan fingerprint density at radius 1 is 0.611 bits per heavy atom. The van der Waals surface area contributed by atoms with Gasteiger partial charge in [0.25, 0.3) is 0 Å². The van der Waals surface area contributed by atoms with Crippen LogP contribution in [0.5, 0.6) is 0 Å². The average molecular weight is 481 g/mol. The Balaban J connectivity index is 1.40. The Labute approximate surface area is 210 Å². The van der Waals surface area contributed by atoms with E-state index in [1.807, 2.05) is 88.4 Å². The summed E-state index contributed by atoms with van der Waals surface area (Å²) in [4.78, 5) is 24.6. The molecule has 36 heavy (non-hydrogen) atoms. The van der Waals surface area contributed by atoms with Gasteiger partial charge in [-0.3, -0.25) is 9.59 Å². The zero-order valence-corrected chi connectivity index (χ0v) is 20.7. The Morgan fingerprint density at radius 3 is 1.36 bits per heavy atom. The number of hydrogen-bond donors (Lipinski definition) is 2. The van der Waals surface area contributed by atoms with Crippen LogP contribution in [0.1, 0.15) is 34.2 Å². The Bertz CT molecular complexity index is 1360. The van der Waals surface area contributed by atoms with Crippen LogP contribution >= 0.6 is 0 Å². The Morgan fingerprint density at radius 2 is 1.03 bits per heavy atom. The fourth-order valence-electron chi connectivity index (χ4n) is 3.72. The molecule has 0 saturated carbocycles. The number of nitrogens with one attached hydrogen (secondary N) is 2. The van der Waals surface area contributed by atoms with Gasteiger partial charge in [0.05, 0.1) is 0 Å². The molecule has 0 aliphatic heterocycles. The highest BCUT2D eigenvalue weighted by molar-refractivity contribution is 6.03. The molecule has 0 radical (unpaired) electrons. The van der Waals surface area contributed by atoms with Crippen LogP contribution in [0.3, 0.4) is 0 Å². The first-order chi connectivity index (χ1) is 17.3. The zero-order valence-electron chi connectivity index (χ0n) is 20.7. The van der Waals surface area contributed by atoms with Gasteiger partial charge in [-0.15, -0.1) is 0 Å². The lowest BCUT2D eigenvalue weighted by atomic mass is 10.00. The van der Waals surface area contributed by atoms with Gasteiger partial charge < -0.3 is 19.5 Å². The van der Waals surface area contributed by atoms with E-state index < -0.39 is 0 Å². The monoisotopic (exact) mass is 480 g/mol. The van der Waals surface area contributed by atoms with Crippen LogP contribution in [0.2, 0.25) is 0 Å². The van der Waals surface area contributed by atoms with Crippen molar-refractivity contribution in [2.45, 2.75) is 27.7 Å². The third-order valence-electron chi connectivity index (χ3n) is 5.62. The summed E-state index contributed by atoms with van der Waals surface area (Å²) in [5.74, 6) is 2.40. The highest BCUT2D eigenvalue weighted by Crippen LogP contribution is 2.28. The van der Waals surface area contributed by atoms with E-state index in [0.717, 1.165) is 45.1 Å². The summed E-state index contributed by atoms with van der Waals surface area (Å²) in [7, 11) is 0. The lowest BCUT2D eigenvalue weighted by Gasteiger charge is -2.12. The molecule has 4 rings (SSSR count). The van der Waals surface area contributed by atoms with Crippen molar-refractivity contribution in [2.75, 3.05) is 10.6 Å². The van der Waals surface area contributed by atoms with Crippen LogP contribution in [-0.2, 0) is 9.59 Å². The van der Waals surface area contributed by atoms with Gasteiger partial charge in [-0.2, -0.15) is 0 Å². The van der Waals surface area contributed by atoms with E-state index in [-0.39, 0.29) is 11.8 Å². The standard InChI is InChI=1S/C30H28N2O4/c1-19-17-23(7-13-27(19)31-29(33)15-11-25-9-5-21(3)35-25)24-8-14-28(20(2)18-24)32-30(34)16-12-26-10-6-22(4)36-26/h5-18H,1-4H3,(H,31,33)(H,32,34). The molecular weight excluding hydrogens is 452 g/mol. The van der Waals surface area contributed by atoms with Crippen molar-refractivity contribution in [3.05, 3.63) is 107 Å². The molecule has 0 unspecified atom stereocenters. The number of benzene rings is 2. The van der Waals surface area contributed by atoms with Gasteiger partial charge in [-0.05, 0) is 111 Å². The fraction of sp³-hybridized carbons (Fsp3) is 0.133. The molecule has 2 aromatic heterocycles. The van der Waals surface area contributed by atoms with E-state index in [4.69, 9.17) is 8.83 Å². The number of carbonyl (C=O) groups is 2. The predicted octanol–water partition coefficient (Wildman–Crippen LogP) is 7.08. The van der Waals surface area contributed by atoms with Crippen LogP contribution < -0.4 is 10.6 Å². The second-order valence-corrected chi connectivity index (χ2v) is 8.60. The van der Waals surface area contributed by atoms with Crippen LogP contribution in [0.4, 0.5) is 11.4 Å². The van der Waals surface area contributed by atoms with Crippen molar-refractivity contribution in [1.82, 2.24) is 0 Å². The van der Waals surface area contributed by atoms with E-state index in [0.29, 0.717) is 11.5 Å². The summed E-state index contributed by atoms with van der Waals surface area (Å²) < 4.78 is 10.9. The Hall–Kier alpha value is -4.58. The molecular formula is C30H28N2O4. The van der Waals surface area contributed by atoms with E-state index in [9.17, 15) is 9.59 Å². The van der Waals surface area contributed by atoms with Crippen LogP contribution in [0.25, 0.3) is 23.3 Å². The Kier molecular flexibility index (Phi) is 7.35. The lowest BCUT2D eigenvalue weighted by molar-refractivity contribution is -0.112. The SMILES string of the molecule is Cc1ccc(C=CC(=O)Nc2ccc(-c3ccc(NC(=O)C=Cc4ccc(C)o4)c(C)c3)cc2C)o1. The fourth-order valence-corrected chi connectivity index (χ4v) is 3.72. The third-order valence-corrected chi connectivity index (χ3v) is 5.62. The molecule has 182 valence electrons. The van der Waals surface area contributed by atoms with Crippen molar-refractivity contribution in [1.29, 1.82) is 0 Å². The highest BCUT2D eigenvalue weighted by Gasteiger charge is 2.08. The highest BCUT2D eigenvalue weighted by atomic mass is 16.3. The van der Waals surface area contributed by atoms with Crippen molar-refractivity contribution in [2.24, 2.45) is 0 Å². The first-order valence-corrected chi connectivity index (χ1v) is 11.6. The normalized spacial score (nSPS) is 11.3. The third kappa shape index (κ3) is 6.30. The van der Waals surface area contributed by atoms with E-state index in [2.05, 4.69) is 10.6 Å². The largest absolute Gasteiger partial charge is 0.462 e. The van der Waals surface area contributed by atoms with E-state index >= 15 is 0 Å². The molecule has 6 nitrogen and oxygen atoms in total. The molecule has 0 aliphatic rings. The summed E-state index contributed by atoms with van der Waals surface area (Å²) in [5.41, 5.74) is 5.39. The zero-order chi connectivity index (χ0) is 25.7. The maximum atomic E-state index is 12.3. The average Bonchev–Trinajstić information content (AvgIpc) is 3.46. The van der Waals surface area contributed by atoms with Gasteiger partial charge >= 0.3 is 0 Å². The van der Waals surface area contributed by atoms with Crippen molar-refractivity contribution in [3.8, 4) is 11.1 Å². The molecule has 2 aromatic carbocycles. The summed E-state index contributed by atoms with van der Waals surface area (Å²) in [6, 6.07) is 19.1. The van der Waals surface area contributed by atoms with Crippen LogP contribution in [-0.4, -0.2) is 11.8 Å². The number of hydrogen-bond acceptors (Lipinski definition) is 4. The summed E-state index contributed by atoms with van der Waals surface area (Å²) in [6.07, 6.45) is 6.19. The molecule has 0 atom stereocenters. The van der Waals surface area contributed by atoms with Crippen molar-refractivity contribution in [3.63, 3.8) is 0 Å². The maximum absolute atomic E-state index is 12.3. The van der Waals surface area contributed by atoms with Crippen molar-refractivity contribution < 1.29 is 18.4 Å². The molecule has 2 N–H and O–H groups in total. The number of aryl methyl sites for hydroxylation is 4. The molecule has 0 fully saturated rings. The van der Waals surface area contributed by atoms with Gasteiger partial charge in [0.1, 0.15) is 23.0 Å². The maximum Gasteiger partial charge on any atom is 0.248 e. The van der Waals surface area contributed by atoms with Crippen LogP contribution in [0.15, 0.2) is 81.7 Å². The number of furan rings is 2. The number of rotatable bonds is 7. The summed E-state index contributed by atoms with van der Waals surface area (Å²) in [6.45, 7) is 7.62. The smallest absolute Gasteiger partial charge is 0.248 e. The molecule has 0 saturated heterocycles. The molecule has 6 heteroatoms. The van der Waals surface area contributed by atoms with Gasteiger partial charge in [-0.1, -0.05) is 12.1 Å². The molecule has 0 spiro atoms. The van der Waals surface area contributed by atoms with E-state index in [1.165, 1.54) is 12.2 Å². The minimum atomic E-state index is -0.230. The quantitative estimate of drug-likeness (QED) is 0.277. The van der Waals surface area contributed by atoms with Crippen LogP contribution in [0, 0.1) is 27.7 Å². The van der Waals surface area contributed by atoms with Gasteiger partial charge in [0.15, 0.2) is 0 Å². The number of anilines is 2. The first kappa shape index (κ1) is 24.5. The van der Waals surface area contributed by atoms with E-state index in [1.54, 1.807) is 12.2 Å². The predicted molar refractivity (Wildman–Crippen MR) is 144 cm³/mol. The van der Waals surface area contributed by atoms with Crippen molar-refractivity contribution >= 4 is 35.3 Å². The minimum Gasteiger partial charge on any atom is -0.462 e. The number of amides is 2. The molecule has 2 amide bonds. The second kappa shape index (κ2) is 10.8. The van der Waals surface area contributed by atoms with Gasteiger partial charge in [0.2, 0.25) is 11.8 Å². The topological polar surface area (TPSA) is 84.5 Å². The second-order valence-electron chi connectivity index (χ2n) is 8.60. The minimum absolute atomic E-state index is 0.230. The summed E-state index contributed by atoms with van der Waals surface area (Å²) >= 11 is 0. The summed E-state index contributed by atoms with van der Waals surface area (Å²) in [5, 5.41) is 5.81. The lowest BCUT2D eigenvalue weighted by Crippen LogP contribution is -2.09. The molecule has 0 bridgehead atoms. The first-order valence-electron chi connectivity index (χ1n) is 11.6. The van der Waals surface area contributed by atoms with Gasteiger partial charge in [-0.25, -0.2) is 0 Å². The molecule has 4 aromatic rings. The molecule has 2 heterocycles. The van der Waals surface area contributed by atoms with Gasteiger partial charge in [0, 0.05) is 23.5 Å².